The summed E-state index contributed by atoms with van der Waals surface area (Å²) in [6.45, 7) is 4.69. The van der Waals surface area contributed by atoms with Gasteiger partial charge in [-0.05, 0) is 154 Å². The Labute approximate surface area is 557 Å². The molecule has 0 aliphatic heterocycles. The van der Waals surface area contributed by atoms with E-state index in [0.29, 0.717) is 11.1 Å². The first-order valence-electron chi connectivity index (χ1n) is 32.6. The summed E-state index contributed by atoms with van der Waals surface area (Å²) in [6, 6.07) is 113. The third-order valence-corrected chi connectivity index (χ3v) is 21.5. The largest absolute Gasteiger partial charge is 0.309 e. The van der Waals surface area contributed by atoms with Gasteiger partial charge in [-0.1, -0.05) is 208 Å². The van der Waals surface area contributed by atoms with E-state index in [0.717, 1.165) is 67.1 Å². The van der Waals surface area contributed by atoms with Crippen molar-refractivity contribution in [3.63, 3.8) is 0 Å². The summed E-state index contributed by atoms with van der Waals surface area (Å²) < 4.78 is 11.9. The summed E-state index contributed by atoms with van der Waals surface area (Å²) in [4.78, 5) is 0. The maximum atomic E-state index is 10.5. The van der Waals surface area contributed by atoms with Crippen LogP contribution in [0.3, 0.4) is 0 Å². The predicted molar refractivity (Wildman–Crippen MR) is 401 cm³/mol. The molecule has 14 aromatic carbocycles. The Morgan fingerprint density at radius 1 is 0.281 bits per heavy atom. The van der Waals surface area contributed by atoms with Gasteiger partial charge in [0.1, 0.15) is 0 Å². The Kier molecular flexibility index (Phi) is 12.2. The van der Waals surface area contributed by atoms with Crippen molar-refractivity contribution in [1.82, 2.24) is 18.3 Å². The van der Waals surface area contributed by atoms with Gasteiger partial charge in [-0.15, -0.1) is 11.3 Å². The number of thiophene rings is 1. The van der Waals surface area contributed by atoms with E-state index in [2.05, 4.69) is 342 Å². The molecule has 0 radical (unpaired) electrons. The Morgan fingerprint density at radius 2 is 0.646 bits per heavy atom. The Balaban J connectivity index is 0.000000135. The second-order valence-electron chi connectivity index (χ2n) is 25.7. The van der Waals surface area contributed by atoms with Crippen LogP contribution in [0.15, 0.2) is 303 Å². The fraction of sp³-hybridized carbons (Fsp3) is 0.0337. The highest BCUT2D eigenvalue weighted by atomic mass is 32.1. The summed E-state index contributed by atoms with van der Waals surface area (Å²) in [5.74, 6) is 0. The molecule has 5 aromatic heterocycles. The van der Waals surface area contributed by atoms with E-state index in [-0.39, 0.29) is 5.41 Å². The van der Waals surface area contributed by atoms with Crippen molar-refractivity contribution >= 4 is 119 Å². The lowest BCUT2D eigenvalue weighted by atomic mass is 9.80. The third-order valence-electron chi connectivity index (χ3n) is 20.3. The zero-order valence-electron chi connectivity index (χ0n) is 52.5. The van der Waals surface area contributed by atoms with Crippen molar-refractivity contribution in [3.05, 3.63) is 326 Å². The average molecular weight is 1240 g/mol. The lowest BCUT2D eigenvalue weighted by Crippen LogP contribution is -2.15. The second-order valence-corrected chi connectivity index (χ2v) is 26.8. The lowest BCUT2D eigenvalue weighted by Gasteiger charge is -2.22. The summed E-state index contributed by atoms with van der Waals surface area (Å²) in [5.41, 5.74) is 23.9. The van der Waals surface area contributed by atoms with Crippen LogP contribution in [0.4, 0.5) is 0 Å². The van der Waals surface area contributed by atoms with Crippen LogP contribution in [0.25, 0.3) is 164 Å². The molecule has 448 valence electrons. The van der Waals surface area contributed by atoms with E-state index in [1.165, 1.54) is 108 Å². The molecule has 1 aliphatic carbocycles. The fourth-order valence-electron chi connectivity index (χ4n) is 16.2. The van der Waals surface area contributed by atoms with Gasteiger partial charge in [0, 0.05) is 91.4 Å². The molecule has 0 N–H and O–H groups in total. The normalized spacial score (nSPS) is 12.5. The van der Waals surface area contributed by atoms with Crippen LogP contribution in [-0.2, 0) is 5.41 Å². The first kappa shape index (κ1) is 55.1. The van der Waals surface area contributed by atoms with Gasteiger partial charge >= 0.3 is 0 Å². The second kappa shape index (κ2) is 21.3. The lowest BCUT2D eigenvalue weighted by molar-refractivity contribution is 0.666. The van der Waals surface area contributed by atoms with Gasteiger partial charge in [0.05, 0.1) is 67.4 Å². The van der Waals surface area contributed by atoms with Gasteiger partial charge in [-0.25, -0.2) is 0 Å². The van der Waals surface area contributed by atoms with Crippen molar-refractivity contribution in [3.8, 4) is 68.3 Å². The molecule has 0 atom stereocenters. The Hall–Kier alpha value is -12.5. The van der Waals surface area contributed by atoms with Gasteiger partial charge in [0.2, 0.25) is 0 Å². The first-order valence-corrected chi connectivity index (χ1v) is 33.4. The zero-order valence-corrected chi connectivity index (χ0v) is 53.3. The molecule has 0 spiro atoms. The Bertz CT molecular complexity index is 6460. The highest BCUT2D eigenvalue weighted by Crippen LogP contribution is 2.54. The van der Waals surface area contributed by atoms with Gasteiger partial charge in [0.25, 0.3) is 0 Å². The van der Waals surface area contributed by atoms with E-state index < -0.39 is 0 Å². The maximum absolute atomic E-state index is 10.5. The van der Waals surface area contributed by atoms with Gasteiger partial charge in [-0.2, -0.15) is 10.5 Å². The number of hydrogen-bond donors (Lipinski definition) is 0. The highest BCUT2D eigenvalue weighted by molar-refractivity contribution is 7.26. The number of aromatic nitrogens is 4. The van der Waals surface area contributed by atoms with E-state index in [1.807, 2.05) is 17.4 Å². The van der Waals surface area contributed by atoms with E-state index in [4.69, 9.17) is 0 Å². The highest BCUT2D eigenvalue weighted by Gasteiger charge is 2.38. The van der Waals surface area contributed by atoms with E-state index in [1.54, 1.807) is 0 Å². The van der Waals surface area contributed by atoms with Gasteiger partial charge < -0.3 is 18.3 Å². The third kappa shape index (κ3) is 8.09. The number of nitriles is 2. The van der Waals surface area contributed by atoms with Crippen LogP contribution >= 0.6 is 11.3 Å². The van der Waals surface area contributed by atoms with E-state index >= 15 is 0 Å². The molecule has 96 heavy (non-hydrogen) atoms. The summed E-state index contributed by atoms with van der Waals surface area (Å²) >= 11 is 1.84. The molecule has 19 aromatic rings. The topological polar surface area (TPSA) is 67.3 Å². The Morgan fingerprint density at radius 3 is 1.14 bits per heavy atom. The minimum atomic E-state index is -0.131. The molecule has 0 fully saturated rings. The van der Waals surface area contributed by atoms with Crippen molar-refractivity contribution in [1.29, 1.82) is 10.5 Å². The molecule has 1 aliphatic rings. The van der Waals surface area contributed by atoms with Gasteiger partial charge in [-0.3, -0.25) is 0 Å². The number of benzene rings is 14. The molecule has 5 heterocycles. The molecule has 0 amide bonds. The van der Waals surface area contributed by atoms with E-state index in [9.17, 15) is 10.5 Å². The predicted octanol–water partition coefficient (Wildman–Crippen LogP) is 23.5. The van der Waals surface area contributed by atoms with Gasteiger partial charge in [0.15, 0.2) is 0 Å². The monoisotopic (exact) mass is 1240 g/mol. The molecular weight excluding hydrogens is 1190 g/mol. The minimum Gasteiger partial charge on any atom is -0.309 e. The first-order chi connectivity index (χ1) is 47.3. The molecule has 0 unspecified atom stereocenters. The molecule has 20 rings (SSSR count). The number of rotatable bonds is 6. The molecule has 0 saturated heterocycles. The van der Waals surface area contributed by atoms with Crippen LogP contribution in [0.1, 0.15) is 36.1 Å². The van der Waals surface area contributed by atoms with Crippen LogP contribution in [-0.4, -0.2) is 18.3 Å². The standard InChI is InChI=1S/C46H31N3.C43H25N3S/c1-46(2)39-15-7-3-11-34(39)37-25-26-43-44(45(37)46)38-14-6-10-18-42(38)49(43)32-23-24-33(30(27-32)28-47)29-19-21-31(22-20-29)48-40-16-8-4-12-35(40)36-13-5-9-17-41(36)48;44-26-28-25-30(46-38-15-7-3-11-34(38)42-39(46)23-24-41-43(42)35-12-4-8-16-40(35)47-41)21-22-31(28)27-17-19-29(20-18-27)45-36-13-5-1-9-32(36)33-10-2-6-14-37(33)45/h3-27H,1-2H3;1-25H. The maximum Gasteiger partial charge on any atom is 0.0998 e. The number of nitrogens with zero attached hydrogens (tertiary/aromatic N) is 6. The number of hydrogen-bond acceptors (Lipinski definition) is 3. The van der Waals surface area contributed by atoms with Crippen LogP contribution in [0, 0.1) is 22.7 Å². The zero-order chi connectivity index (χ0) is 63.9. The number of fused-ring (bicyclic) bond motifs is 20. The van der Waals surface area contributed by atoms with Crippen molar-refractivity contribution in [2.75, 3.05) is 0 Å². The van der Waals surface area contributed by atoms with Crippen molar-refractivity contribution in [2.45, 2.75) is 19.3 Å². The molecule has 0 saturated carbocycles. The molecule has 0 bridgehead atoms. The SMILES string of the molecule is CC1(C)c2ccccc2-c2ccc3c(c21)c1ccccc1n3-c1ccc(-c2ccc(-n3c4ccccc4c4ccccc43)cc2)c(C#N)c1.N#Cc1cc(-n2c3ccccc3c3c4c(ccc32)sc2ccccc24)ccc1-c1ccc(-n2c3ccccc3c3ccccc32)cc1. The fourth-order valence-corrected chi connectivity index (χ4v) is 17.3. The molecule has 6 nitrogen and oxygen atoms in total. The van der Waals surface area contributed by atoms with Crippen LogP contribution in [0.5, 0.6) is 0 Å². The summed E-state index contributed by atoms with van der Waals surface area (Å²) in [6.07, 6.45) is 0. The smallest absolute Gasteiger partial charge is 0.0998 e. The summed E-state index contributed by atoms with van der Waals surface area (Å²) in [7, 11) is 0. The van der Waals surface area contributed by atoms with Crippen molar-refractivity contribution in [2.24, 2.45) is 0 Å². The molecule has 7 heteroatoms. The van der Waals surface area contributed by atoms with Crippen LogP contribution < -0.4 is 0 Å². The molecular formula is C89H56N6S. The summed E-state index contributed by atoms with van der Waals surface area (Å²) in [5, 5.41) is 33.5. The van der Waals surface area contributed by atoms with Crippen molar-refractivity contribution < 1.29 is 0 Å². The number of para-hydroxylation sites is 6. The minimum absolute atomic E-state index is 0.131. The van der Waals surface area contributed by atoms with Crippen LogP contribution in [0.2, 0.25) is 0 Å². The quantitative estimate of drug-likeness (QED) is 0.166. The average Bonchev–Trinajstić information content (AvgIpc) is 1.56.